The van der Waals surface area contributed by atoms with E-state index in [1.165, 1.54) is 36.4 Å². The molecular formula is C20H12ClN3O4. The minimum atomic E-state index is -0.593. The number of nitro benzene ring substituents is 1. The summed E-state index contributed by atoms with van der Waals surface area (Å²) in [6.45, 7) is 0. The van der Waals surface area contributed by atoms with Crippen LogP contribution >= 0.6 is 11.6 Å². The standard InChI is InChI=1S/C20H12ClN3O4/c21-14-6-8-17(18(11-14)24(26)27)19-9-7-16(28-19)10-13(12-22)20(25)23-15-4-2-1-3-5-15/h1-11H,(H,23,25). The molecule has 1 aromatic heterocycles. The molecule has 0 aliphatic carbocycles. The molecule has 8 heteroatoms. The van der Waals surface area contributed by atoms with Gasteiger partial charge in [-0.3, -0.25) is 14.9 Å². The fraction of sp³-hybridized carbons (Fsp3) is 0. The number of nitro groups is 1. The average molecular weight is 394 g/mol. The normalized spacial score (nSPS) is 10.9. The zero-order valence-corrected chi connectivity index (χ0v) is 15.0. The molecule has 2 aromatic carbocycles. The largest absolute Gasteiger partial charge is 0.456 e. The van der Waals surface area contributed by atoms with Gasteiger partial charge in [-0.1, -0.05) is 29.8 Å². The molecule has 0 saturated carbocycles. The van der Waals surface area contributed by atoms with Crippen molar-refractivity contribution in [1.29, 1.82) is 5.26 Å². The molecule has 1 heterocycles. The van der Waals surface area contributed by atoms with Gasteiger partial charge in [-0.15, -0.1) is 0 Å². The molecule has 0 radical (unpaired) electrons. The van der Waals surface area contributed by atoms with Gasteiger partial charge in [0.1, 0.15) is 23.2 Å². The Bertz CT molecular complexity index is 1110. The van der Waals surface area contributed by atoms with Crippen molar-refractivity contribution in [2.45, 2.75) is 0 Å². The van der Waals surface area contributed by atoms with Crippen LogP contribution in [0, 0.1) is 21.4 Å². The minimum absolute atomic E-state index is 0.171. The van der Waals surface area contributed by atoms with Crippen LogP contribution in [0.15, 0.2) is 70.7 Å². The van der Waals surface area contributed by atoms with E-state index >= 15 is 0 Å². The quantitative estimate of drug-likeness (QED) is 0.282. The van der Waals surface area contributed by atoms with E-state index in [1.54, 1.807) is 30.3 Å². The molecule has 0 saturated heterocycles. The Balaban J connectivity index is 1.88. The van der Waals surface area contributed by atoms with Crippen LogP contribution in [0.1, 0.15) is 5.76 Å². The second-order valence-electron chi connectivity index (χ2n) is 5.61. The topological polar surface area (TPSA) is 109 Å². The molecule has 1 N–H and O–H groups in total. The number of nitrogens with zero attached hydrogens (tertiary/aromatic N) is 2. The monoisotopic (exact) mass is 393 g/mol. The summed E-state index contributed by atoms with van der Waals surface area (Å²) in [6, 6.07) is 17.8. The van der Waals surface area contributed by atoms with Gasteiger partial charge in [0.15, 0.2) is 0 Å². The highest BCUT2D eigenvalue weighted by molar-refractivity contribution is 6.30. The van der Waals surface area contributed by atoms with Crippen LogP contribution in [0.4, 0.5) is 11.4 Å². The summed E-state index contributed by atoms with van der Waals surface area (Å²) < 4.78 is 5.58. The lowest BCUT2D eigenvalue weighted by Gasteiger charge is -2.03. The highest BCUT2D eigenvalue weighted by atomic mass is 35.5. The zero-order valence-electron chi connectivity index (χ0n) is 14.3. The second-order valence-corrected chi connectivity index (χ2v) is 6.05. The van der Waals surface area contributed by atoms with Crippen molar-refractivity contribution in [2.75, 3.05) is 5.32 Å². The minimum Gasteiger partial charge on any atom is -0.456 e. The molecule has 3 rings (SSSR count). The average Bonchev–Trinajstić information content (AvgIpc) is 3.15. The Morgan fingerprint density at radius 2 is 1.93 bits per heavy atom. The maximum Gasteiger partial charge on any atom is 0.281 e. The Labute approximate surface area is 164 Å². The number of para-hydroxylation sites is 1. The maximum atomic E-state index is 12.3. The molecule has 0 atom stereocenters. The summed E-state index contributed by atoms with van der Waals surface area (Å²) in [4.78, 5) is 22.9. The number of halogens is 1. The van der Waals surface area contributed by atoms with E-state index in [2.05, 4.69) is 5.32 Å². The van der Waals surface area contributed by atoms with Crippen LogP contribution in [-0.2, 0) is 4.79 Å². The smallest absolute Gasteiger partial charge is 0.281 e. The second kappa shape index (κ2) is 8.20. The van der Waals surface area contributed by atoms with Crippen molar-refractivity contribution in [3.05, 3.63) is 87.1 Å². The van der Waals surface area contributed by atoms with E-state index in [-0.39, 0.29) is 33.4 Å². The summed E-state index contributed by atoms with van der Waals surface area (Å²) in [5, 5.41) is 23.4. The van der Waals surface area contributed by atoms with Gasteiger partial charge in [-0.25, -0.2) is 0 Å². The molecule has 0 fully saturated rings. The first-order valence-corrected chi connectivity index (χ1v) is 8.38. The number of nitrogens with one attached hydrogen (secondary N) is 1. The van der Waals surface area contributed by atoms with Crippen LogP contribution < -0.4 is 5.32 Å². The van der Waals surface area contributed by atoms with Crippen molar-refractivity contribution in [3.8, 4) is 17.4 Å². The number of nitriles is 1. The number of anilines is 1. The highest BCUT2D eigenvalue weighted by Gasteiger charge is 2.19. The summed E-state index contributed by atoms with van der Waals surface area (Å²) in [7, 11) is 0. The van der Waals surface area contributed by atoms with Gasteiger partial charge in [0.05, 0.1) is 10.5 Å². The maximum absolute atomic E-state index is 12.3. The van der Waals surface area contributed by atoms with Gasteiger partial charge >= 0.3 is 0 Å². The number of carbonyl (C=O) groups excluding carboxylic acids is 1. The van der Waals surface area contributed by atoms with Crippen LogP contribution in [0.3, 0.4) is 0 Å². The lowest BCUT2D eigenvalue weighted by molar-refractivity contribution is -0.384. The fourth-order valence-electron chi connectivity index (χ4n) is 2.45. The predicted molar refractivity (Wildman–Crippen MR) is 104 cm³/mol. The van der Waals surface area contributed by atoms with Gasteiger partial charge in [-0.2, -0.15) is 5.26 Å². The molecule has 1 amide bonds. The third kappa shape index (κ3) is 4.26. The van der Waals surface area contributed by atoms with Gasteiger partial charge in [0, 0.05) is 22.9 Å². The molecule has 0 aliphatic rings. The fourth-order valence-corrected chi connectivity index (χ4v) is 2.62. The van der Waals surface area contributed by atoms with Gasteiger partial charge in [0.25, 0.3) is 11.6 Å². The van der Waals surface area contributed by atoms with Crippen LogP contribution in [0.25, 0.3) is 17.4 Å². The Morgan fingerprint density at radius 1 is 1.18 bits per heavy atom. The van der Waals surface area contributed by atoms with Gasteiger partial charge < -0.3 is 9.73 Å². The van der Waals surface area contributed by atoms with E-state index in [9.17, 15) is 20.2 Å². The number of carbonyl (C=O) groups is 1. The van der Waals surface area contributed by atoms with E-state index in [4.69, 9.17) is 16.0 Å². The SMILES string of the molecule is N#CC(=Cc1ccc(-c2ccc(Cl)cc2[N+](=O)[O-])o1)C(=O)Nc1ccccc1. The number of rotatable bonds is 5. The van der Waals surface area contributed by atoms with E-state index < -0.39 is 10.8 Å². The Hall–Kier alpha value is -3.89. The molecule has 0 unspecified atom stereocenters. The van der Waals surface area contributed by atoms with Crippen molar-refractivity contribution in [2.24, 2.45) is 0 Å². The van der Waals surface area contributed by atoms with E-state index in [0.717, 1.165) is 0 Å². The van der Waals surface area contributed by atoms with Gasteiger partial charge in [-0.05, 0) is 36.4 Å². The van der Waals surface area contributed by atoms with Crippen molar-refractivity contribution >= 4 is 35.0 Å². The summed E-state index contributed by atoms with van der Waals surface area (Å²) in [6.07, 6.45) is 1.27. The number of amides is 1. The third-order valence-corrected chi connectivity index (χ3v) is 3.97. The van der Waals surface area contributed by atoms with E-state index in [1.807, 2.05) is 6.07 Å². The lowest BCUT2D eigenvalue weighted by atomic mass is 10.1. The molecule has 3 aromatic rings. The summed E-state index contributed by atoms with van der Waals surface area (Å²) in [5.41, 5.74) is 0.405. The van der Waals surface area contributed by atoms with Crippen molar-refractivity contribution < 1.29 is 14.1 Å². The third-order valence-electron chi connectivity index (χ3n) is 3.73. The highest BCUT2D eigenvalue weighted by Crippen LogP contribution is 2.33. The molecular weight excluding hydrogens is 382 g/mol. The number of furan rings is 1. The zero-order chi connectivity index (χ0) is 20.1. The van der Waals surface area contributed by atoms with Gasteiger partial charge in [0.2, 0.25) is 0 Å². The number of hydrogen-bond acceptors (Lipinski definition) is 5. The van der Waals surface area contributed by atoms with Crippen LogP contribution in [-0.4, -0.2) is 10.8 Å². The molecule has 0 bridgehead atoms. The molecule has 7 nitrogen and oxygen atoms in total. The molecule has 0 spiro atoms. The number of benzene rings is 2. The first kappa shape index (κ1) is 18.9. The summed E-state index contributed by atoms with van der Waals surface area (Å²) >= 11 is 5.82. The van der Waals surface area contributed by atoms with E-state index in [0.29, 0.717) is 5.69 Å². The molecule has 138 valence electrons. The van der Waals surface area contributed by atoms with Crippen molar-refractivity contribution in [3.63, 3.8) is 0 Å². The molecule has 0 aliphatic heterocycles. The van der Waals surface area contributed by atoms with Crippen molar-refractivity contribution in [1.82, 2.24) is 0 Å². The summed E-state index contributed by atoms with van der Waals surface area (Å²) in [5.74, 6) is -0.168. The van der Waals surface area contributed by atoms with Crippen LogP contribution in [0.5, 0.6) is 0 Å². The Morgan fingerprint density at radius 3 is 2.61 bits per heavy atom. The van der Waals surface area contributed by atoms with Crippen LogP contribution in [0.2, 0.25) is 5.02 Å². The first-order valence-electron chi connectivity index (χ1n) is 8.00. The Kier molecular flexibility index (Phi) is 5.53. The predicted octanol–water partition coefficient (Wildman–Crippen LogP) is 5.05. The molecule has 28 heavy (non-hydrogen) atoms. The number of hydrogen-bond donors (Lipinski definition) is 1. The lowest BCUT2D eigenvalue weighted by Crippen LogP contribution is -2.13. The first-order chi connectivity index (χ1) is 13.5.